The molecular weight excluding hydrogens is 517 g/mol. The molecule has 4 aliphatic rings. The Hall–Kier alpha value is -2.65. The average Bonchev–Trinajstić information content (AvgIpc) is 3.67. The summed E-state index contributed by atoms with van der Waals surface area (Å²) < 4.78 is 45.3. The smallest absolute Gasteiger partial charge is 0.417 e. The second-order valence-corrected chi connectivity index (χ2v) is 12.4. The normalized spacial score (nSPS) is 29.3. The van der Waals surface area contributed by atoms with Gasteiger partial charge in [0.25, 0.3) is 0 Å². The molecule has 0 amide bonds. The van der Waals surface area contributed by atoms with Gasteiger partial charge in [-0.15, -0.1) is 0 Å². The number of likely N-dealkylation sites (tertiary alicyclic amines) is 1. The summed E-state index contributed by atoms with van der Waals surface area (Å²) in [4.78, 5) is 13.3. The van der Waals surface area contributed by atoms with Gasteiger partial charge < -0.3 is 14.7 Å². The molecule has 4 heterocycles. The van der Waals surface area contributed by atoms with Crippen LogP contribution in [0.2, 0.25) is 0 Å². The zero-order valence-corrected chi connectivity index (χ0v) is 23.2. The van der Waals surface area contributed by atoms with E-state index in [1.165, 1.54) is 18.9 Å². The van der Waals surface area contributed by atoms with Gasteiger partial charge in [-0.05, 0) is 68.7 Å². The molecule has 2 saturated carbocycles. The van der Waals surface area contributed by atoms with Gasteiger partial charge in [-0.3, -0.25) is 9.88 Å². The Labute approximate surface area is 234 Å². The van der Waals surface area contributed by atoms with Crippen LogP contribution in [-0.2, 0) is 24.7 Å². The molecule has 1 N–H and O–H groups in total. The van der Waals surface area contributed by atoms with Gasteiger partial charge in [-0.2, -0.15) is 13.2 Å². The van der Waals surface area contributed by atoms with Crippen LogP contribution in [-0.4, -0.2) is 57.7 Å². The highest BCUT2D eigenvalue weighted by Gasteiger charge is 2.48. The number of hydrogen-bond acceptors (Lipinski definition) is 6. The van der Waals surface area contributed by atoms with Crippen molar-refractivity contribution in [3.05, 3.63) is 65.3 Å². The van der Waals surface area contributed by atoms with Crippen molar-refractivity contribution >= 4 is 0 Å². The lowest BCUT2D eigenvalue weighted by Crippen LogP contribution is -2.44. The van der Waals surface area contributed by atoms with Crippen molar-refractivity contribution in [1.29, 1.82) is 0 Å². The Kier molecular flexibility index (Phi) is 7.10. The molecule has 2 aliphatic heterocycles. The van der Waals surface area contributed by atoms with E-state index in [0.29, 0.717) is 49.2 Å². The van der Waals surface area contributed by atoms with Crippen LogP contribution in [0, 0.1) is 11.3 Å². The lowest BCUT2D eigenvalue weighted by atomic mass is 9.76. The minimum Gasteiger partial charge on any atom is -0.481 e. The van der Waals surface area contributed by atoms with Crippen LogP contribution in [0.3, 0.4) is 0 Å². The Morgan fingerprint density at radius 3 is 2.52 bits per heavy atom. The number of alkyl halides is 3. The summed E-state index contributed by atoms with van der Waals surface area (Å²) in [6.07, 6.45) is 6.77. The predicted molar refractivity (Wildman–Crippen MR) is 145 cm³/mol. The summed E-state index contributed by atoms with van der Waals surface area (Å²) in [5, 5.41) is 11.4. The number of aromatic nitrogens is 2. The fourth-order valence-electron chi connectivity index (χ4n) is 7.27. The van der Waals surface area contributed by atoms with Gasteiger partial charge >= 0.3 is 6.18 Å². The van der Waals surface area contributed by atoms with Crippen LogP contribution in [0.25, 0.3) is 0 Å². The number of halogens is 3. The Morgan fingerprint density at radius 1 is 1.10 bits per heavy atom. The van der Waals surface area contributed by atoms with E-state index in [1.54, 1.807) is 19.4 Å². The van der Waals surface area contributed by atoms with E-state index in [-0.39, 0.29) is 5.41 Å². The maximum Gasteiger partial charge on any atom is 0.417 e. The minimum atomic E-state index is -4.39. The second-order valence-electron chi connectivity index (χ2n) is 12.4. The summed E-state index contributed by atoms with van der Waals surface area (Å²) in [6.45, 7) is 7.71. The molecule has 2 aromatic rings. The van der Waals surface area contributed by atoms with Gasteiger partial charge in [0.15, 0.2) is 0 Å². The van der Waals surface area contributed by atoms with E-state index in [1.807, 2.05) is 6.07 Å². The molecule has 1 saturated heterocycles. The fraction of sp³-hybridized carbons (Fsp3) is 0.613. The Balaban J connectivity index is 1.14. The van der Waals surface area contributed by atoms with Crippen LogP contribution in [0.4, 0.5) is 13.2 Å². The number of methoxy groups -OCH3 is 1. The van der Waals surface area contributed by atoms with Gasteiger partial charge in [0, 0.05) is 72.9 Å². The second kappa shape index (κ2) is 10.3. The summed E-state index contributed by atoms with van der Waals surface area (Å²) in [5.41, 5.74) is 1.76. The standard InChI is InChI=1S/C31H39F3N4O2/c1-21(37-13-9-27-23(19-37)15-25(18-35-27)31(32,33)34)29(16-22-3-4-22)12-14-38(20-29)26-7-10-30(39,11-8-26)24-5-6-28(40-2)36-17-24/h5-6,15,17-18,22,26,39H,1,3-4,7-14,16,19-20H2,2H3. The van der Waals surface area contributed by atoms with E-state index >= 15 is 0 Å². The van der Waals surface area contributed by atoms with E-state index in [4.69, 9.17) is 4.74 Å². The number of fused-ring (bicyclic) bond motifs is 1. The number of hydrogen-bond donors (Lipinski definition) is 1. The maximum absolute atomic E-state index is 13.4. The van der Waals surface area contributed by atoms with Gasteiger partial charge in [-0.1, -0.05) is 19.4 Å². The molecule has 40 heavy (non-hydrogen) atoms. The molecule has 3 fully saturated rings. The highest BCUT2D eigenvalue weighted by atomic mass is 19.4. The molecule has 6 rings (SSSR count). The van der Waals surface area contributed by atoms with Crippen molar-refractivity contribution < 1.29 is 23.0 Å². The third kappa shape index (κ3) is 5.34. The zero-order chi connectivity index (χ0) is 28.1. The molecule has 1 unspecified atom stereocenters. The molecule has 9 heteroatoms. The van der Waals surface area contributed by atoms with Crippen LogP contribution in [0.15, 0.2) is 42.9 Å². The summed E-state index contributed by atoms with van der Waals surface area (Å²) in [6, 6.07) is 5.39. The SMILES string of the molecule is C=C(N1CCc2ncc(C(F)(F)F)cc2C1)C1(CC2CC2)CCN(C2CCC(O)(c3ccc(OC)nc3)CC2)C1. The monoisotopic (exact) mass is 556 g/mol. The summed E-state index contributed by atoms with van der Waals surface area (Å²) in [7, 11) is 1.58. The number of aliphatic hydroxyl groups is 1. The van der Waals surface area contributed by atoms with Gasteiger partial charge in [0.1, 0.15) is 0 Å². The molecule has 2 aromatic heterocycles. The van der Waals surface area contributed by atoms with E-state index in [9.17, 15) is 18.3 Å². The largest absolute Gasteiger partial charge is 0.481 e. The van der Waals surface area contributed by atoms with Crippen molar-refractivity contribution in [1.82, 2.24) is 19.8 Å². The summed E-state index contributed by atoms with van der Waals surface area (Å²) in [5.74, 6) is 1.26. The minimum absolute atomic E-state index is 0.0542. The van der Waals surface area contributed by atoms with Gasteiger partial charge in [0.05, 0.1) is 18.3 Å². The first kappa shape index (κ1) is 27.5. The number of pyridine rings is 2. The molecule has 0 radical (unpaired) electrons. The lowest BCUT2D eigenvalue weighted by molar-refractivity contribution is -0.137. The predicted octanol–water partition coefficient (Wildman–Crippen LogP) is 5.70. The maximum atomic E-state index is 13.4. The van der Waals surface area contributed by atoms with Crippen molar-refractivity contribution in [2.75, 3.05) is 26.7 Å². The third-order valence-electron chi connectivity index (χ3n) is 9.90. The first-order valence-electron chi connectivity index (χ1n) is 14.5. The number of rotatable bonds is 7. The van der Waals surface area contributed by atoms with E-state index in [0.717, 1.165) is 68.5 Å². The zero-order valence-electron chi connectivity index (χ0n) is 23.2. The van der Waals surface area contributed by atoms with Crippen molar-refractivity contribution in [2.45, 2.75) is 82.2 Å². The van der Waals surface area contributed by atoms with Crippen LogP contribution < -0.4 is 4.74 Å². The van der Waals surface area contributed by atoms with Gasteiger partial charge in [-0.25, -0.2) is 4.98 Å². The van der Waals surface area contributed by atoms with Crippen molar-refractivity contribution in [2.24, 2.45) is 11.3 Å². The molecule has 0 aromatic carbocycles. The summed E-state index contributed by atoms with van der Waals surface area (Å²) >= 11 is 0. The highest BCUT2D eigenvalue weighted by Crippen LogP contribution is 2.51. The number of ether oxygens (including phenoxy) is 1. The van der Waals surface area contributed by atoms with Gasteiger partial charge in [0.2, 0.25) is 5.88 Å². The molecule has 6 nitrogen and oxygen atoms in total. The van der Waals surface area contributed by atoms with E-state index < -0.39 is 17.3 Å². The van der Waals surface area contributed by atoms with Crippen LogP contribution in [0.1, 0.15) is 73.8 Å². The Morgan fingerprint density at radius 2 is 1.88 bits per heavy atom. The molecular formula is C31H39F3N4O2. The first-order valence-corrected chi connectivity index (χ1v) is 14.5. The van der Waals surface area contributed by atoms with E-state index in [2.05, 4.69) is 26.3 Å². The molecule has 1 atom stereocenters. The highest BCUT2D eigenvalue weighted by molar-refractivity contribution is 5.31. The molecule has 0 bridgehead atoms. The average molecular weight is 557 g/mol. The van der Waals surface area contributed by atoms with Crippen molar-refractivity contribution in [3.8, 4) is 5.88 Å². The van der Waals surface area contributed by atoms with Crippen LogP contribution >= 0.6 is 0 Å². The quantitative estimate of drug-likeness (QED) is 0.472. The van der Waals surface area contributed by atoms with Crippen LogP contribution in [0.5, 0.6) is 5.88 Å². The Bertz CT molecular complexity index is 1240. The number of nitrogens with zero attached hydrogens (tertiary/aromatic N) is 4. The fourth-order valence-corrected chi connectivity index (χ4v) is 7.27. The third-order valence-corrected chi connectivity index (χ3v) is 9.90. The lowest BCUT2D eigenvalue weighted by Gasteiger charge is -2.43. The molecule has 216 valence electrons. The molecule has 0 spiro atoms. The topological polar surface area (TPSA) is 61.7 Å². The first-order chi connectivity index (χ1) is 19.1. The van der Waals surface area contributed by atoms with Crippen molar-refractivity contribution in [3.63, 3.8) is 0 Å². The molecule has 2 aliphatic carbocycles.